The van der Waals surface area contributed by atoms with E-state index < -0.39 is 0 Å². The predicted octanol–water partition coefficient (Wildman–Crippen LogP) is 4.37. The normalized spacial score (nSPS) is 15.5. The standard InChI is InChI=1S/C27H31ClN6O2S/c1-3-29-27(36)34-15-14-33(17-19(34)2)23-16-22(28)30-26(31-23)37-18-24(35)32-25(20-10-6-4-7-11-20)21-12-8-5-9-13-21/h4-13,16,19,25H,3,14-15,17-18H2,1-2H3,(H,29,36)(H,32,35). The molecule has 0 saturated carbocycles. The number of hydrogen-bond donors (Lipinski definition) is 2. The van der Waals surface area contributed by atoms with Crippen LogP contribution in [0.3, 0.4) is 0 Å². The molecular weight excluding hydrogens is 508 g/mol. The fourth-order valence-electron chi connectivity index (χ4n) is 4.32. The van der Waals surface area contributed by atoms with Crippen molar-refractivity contribution in [2.75, 3.05) is 36.8 Å². The molecule has 2 heterocycles. The molecule has 2 N–H and O–H groups in total. The second kappa shape index (κ2) is 12.8. The first-order chi connectivity index (χ1) is 17.9. The van der Waals surface area contributed by atoms with Crippen molar-refractivity contribution in [1.82, 2.24) is 25.5 Å². The van der Waals surface area contributed by atoms with Crippen molar-refractivity contribution in [3.63, 3.8) is 0 Å². The van der Waals surface area contributed by atoms with Crippen molar-refractivity contribution in [3.8, 4) is 0 Å². The monoisotopic (exact) mass is 538 g/mol. The molecule has 1 aliphatic heterocycles. The molecule has 1 aliphatic rings. The number of nitrogens with zero attached hydrogens (tertiary/aromatic N) is 4. The van der Waals surface area contributed by atoms with E-state index in [1.807, 2.05) is 79.4 Å². The van der Waals surface area contributed by atoms with E-state index in [1.54, 1.807) is 6.07 Å². The van der Waals surface area contributed by atoms with E-state index in [9.17, 15) is 9.59 Å². The van der Waals surface area contributed by atoms with Crippen LogP contribution in [-0.2, 0) is 4.79 Å². The minimum atomic E-state index is -0.256. The van der Waals surface area contributed by atoms with Crippen LogP contribution in [0.5, 0.6) is 0 Å². The summed E-state index contributed by atoms with van der Waals surface area (Å²) in [5, 5.41) is 6.76. The Labute approximate surface area is 226 Å². The van der Waals surface area contributed by atoms with Gasteiger partial charge in [-0.05, 0) is 25.0 Å². The number of aromatic nitrogens is 2. The van der Waals surface area contributed by atoms with Crippen LogP contribution in [0, 0.1) is 0 Å². The first kappa shape index (κ1) is 26.8. The van der Waals surface area contributed by atoms with Gasteiger partial charge in [0, 0.05) is 38.3 Å². The van der Waals surface area contributed by atoms with Gasteiger partial charge in [0.05, 0.1) is 11.8 Å². The van der Waals surface area contributed by atoms with Gasteiger partial charge in [-0.25, -0.2) is 14.8 Å². The molecule has 1 unspecified atom stereocenters. The highest BCUT2D eigenvalue weighted by molar-refractivity contribution is 7.99. The van der Waals surface area contributed by atoms with Gasteiger partial charge in [0.15, 0.2) is 5.16 Å². The average Bonchev–Trinajstić information content (AvgIpc) is 2.91. The van der Waals surface area contributed by atoms with Crippen LogP contribution in [0.1, 0.15) is 31.0 Å². The number of carbonyl (C=O) groups excluding carboxylic acids is 2. The fourth-order valence-corrected chi connectivity index (χ4v) is 5.21. The highest BCUT2D eigenvalue weighted by Gasteiger charge is 2.28. The lowest BCUT2D eigenvalue weighted by Gasteiger charge is -2.40. The second-order valence-corrected chi connectivity index (χ2v) is 10.1. The summed E-state index contributed by atoms with van der Waals surface area (Å²) in [5.41, 5.74) is 2.02. The number of hydrogen-bond acceptors (Lipinski definition) is 6. The second-order valence-electron chi connectivity index (χ2n) is 8.77. The largest absolute Gasteiger partial charge is 0.353 e. The lowest BCUT2D eigenvalue weighted by molar-refractivity contribution is -0.119. The van der Waals surface area contributed by atoms with Crippen molar-refractivity contribution >= 4 is 41.1 Å². The van der Waals surface area contributed by atoms with E-state index in [0.717, 1.165) is 11.1 Å². The predicted molar refractivity (Wildman–Crippen MR) is 148 cm³/mol. The number of thioether (sulfide) groups is 1. The third-order valence-electron chi connectivity index (χ3n) is 6.10. The Kier molecular flexibility index (Phi) is 9.24. The van der Waals surface area contributed by atoms with Crippen LogP contribution in [-0.4, -0.2) is 64.8 Å². The number of halogens is 1. The molecule has 1 fully saturated rings. The van der Waals surface area contributed by atoms with Gasteiger partial charge in [-0.15, -0.1) is 0 Å². The summed E-state index contributed by atoms with van der Waals surface area (Å²) < 4.78 is 0. The van der Waals surface area contributed by atoms with E-state index in [2.05, 4.69) is 25.5 Å². The summed E-state index contributed by atoms with van der Waals surface area (Å²) >= 11 is 7.57. The maximum atomic E-state index is 13.0. The van der Waals surface area contributed by atoms with E-state index in [0.29, 0.717) is 42.3 Å². The Morgan fingerprint density at radius 3 is 2.30 bits per heavy atom. The number of benzene rings is 2. The number of anilines is 1. The van der Waals surface area contributed by atoms with E-state index >= 15 is 0 Å². The molecule has 3 aromatic rings. The Morgan fingerprint density at radius 1 is 1.05 bits per heavy atom. The molecule has 0 aliphatic carbocycles. The number of rotatable bonds is 8. The van der Waals surface area contributed by atoms with Crippen molar-refractivity contribution in [3.05, 3.63) is 83.0 Å². The zero-order chi connectivity index (χ0) is 26.2. The van der Waals surface area contributed by atoms with Gasteiger partial charge >= 0.3 is 6.03 Å². The highest BCUT2D eigenvalue weighted by Crippen LogP contribution is 2.25. The minimum absolute atomic E-state index is 0.0174. The topological polar surface area (TPSA) is 90.5 Å². The number of piperazine rings is 1. The number of carbonyl (C=O) groups is 2. The van der Waals surface area contributed by atoms with E-state index in [1.165, 1.54) is 11.8 Å². The Hall–Kier alpha value is -3.30. The summed E-state index contributed by atoms with van der Waals surface area (Å²) in [5.74, 6) is 0.714. The Morgan fingerprint density at radius 2 is 1.70 bits per heavy atom. The highest BCUT2D eigenvalue weighted by atomic mass is 35.5. The summed E-state index contributed by atoms with van der Waals surface area (Å²) in [4.78, 5) is 38.1. The maximum Gasteiger partial charge on any atom is 0.317 e. The zero-order valence-electron chi connectivity index (χ0n) is 20.9. The molecule has 0 radical (unpaired) electrons. The smallest absolute Gasteiger partial charge is 0.317 e. The summed E-state index contributed by atoms with van der Waals surface area (Å²) in [6, 6.07) is 21.2. The van der Waals surface area contributed by atoms with Gasteiger partial charge < -0.3 is 20.4 Å². The molecule has 1 atom stereocenters. The van der Waals surface area contributed by atoms with Crippen LogP contribution in [0.15, 0.2) is 71.9 Å². The van der Waals surface area contributed by atoms with Crippen LogP contribution >= 0.6 is 23.4 Å². The van der Waals surface area contributed by atoms with Gasteiger partial charge in [-0.2, -0.15) is 0 Å². The van der Waals surface area contributed by atoms with Crippen LogP contribution in [0.25, 0.3) is 0 Å². The summed E-state index contributed by atoms with van der Waals surface area (Å²) in [6.45, 7) is 6.36. The van der Waals surface area contributed by atoms with Crippen LogP contribution in [0.4, 0.5) is 10.6 Å². The van der Waals surface area contributed by atoms with Gasteiger partial charge in [0.2, 0.25) is 5.91 Å². The van der Waals surface area contributed by atoms with E-state index in [-0.39, 0.29) is 29.8 Å². The first-order valence-electron chi connectivity index (χ1n) is 12.3. The molecule has 194 valence electrons. The summed E-state index contributed by atoms with van der Waals surface area (Å²) in [6.07, 6.45) is 0. The lowest BCUT2D eigenvalue weighted by Crippen LogP contribution is -2.56. The van der Waals surface area contributed by atoms with Gasteiger partial charge in [-0.3, -0.25) is 4.79 Å². The van der Waals surface area contributed by atoms with E-state index in [4.69, 9.17) is 11.6 Å². The van der Waals surface area contributed by atoms with Gasteiger partial charge in [-0.1, -0.05) is 84.0 Å². The minimum Gasteiger partial charge on any atom is -0.353 e. The van der Waals surface area contributed by atoms with Gasteiger partial charge in [0.1, 0.15) is 11.0 Å². The molecule has 8 nitrogen and oxygen atoms in total. The molecule has 4 rings (SSSR count). The fraction of sp³-hybridized carbons (Fsp3) is 0.333. The zero-order valence-corrected chi connectivity index (χ0v) is 22.5. The molecule has 1 aromatic heterocycles. The molecule has 2 aromatic carbocycles. The molecule has 10 heteroatoms. The average molecular weight is 539 g/mol. The Balaban J connectivity index is 1.40. The lowest BCUT2D eigenvalue weighted by atomic mass is 9.99. The maximum absolute atomic E-state index is 13.0. The third kappa shape index (κ3) is 7.14. The SMILES string of the molecule is CCNC(=O)N1CCN(c2cc(Cl)nc(SCC(=O)NC(c3ccccc3)c3ccccc3)n2)CC1C. The van der Waals surface area contributed by atoms with Crippen molar-refractivity contribution < 1.29 is 9.59 Å². The molecule has 37 heavy (non-hydrogen) atoms. The van der Waals surface area contributed by atoms with Crippen LogP contribution in [0.2, 0.25) is 5.15 Å². The molecule has 3 amide bonds. The van der Waals surface area contributed by atoms with Crippen molar-refractivity contribution in [2.45, 2.75) is 31.1 Å². The molecule has 0 bridgehead atoms. The molecule has 0 spiro atoms. The number of nitrogens with one attached hydrogen (secondary N) is 2. The van der Waals surface area contributed by atoms with Crippen molar-refractivity contribution in [2.24, 2.45) is 0 Å². The number of amides is 3. The van der Waals surface area contributed by atoms with Crippen molar-refractivity contribution in [1.29, 1.82) is 0 Å². The van der Waals surface area contributed by atoms with Crippen LogP contribution < -0.4 is 15.5 Å². The quantitative estimate of drug-likeness (QED) is 0.251. The molecular formula is C27H31ClN6O2S. The van der Waals surface area contributed by atoms with Gasteiger partial charge in [0.25, 0.3) is 0 Å². The summed E-state index contributed by atoms with van der Waals surface area (Å²) in [7, 11) is 0. The number of urea groups is 1. The first-order valence-corrected chi connectivity index (χ1v) is 13.7. The molecule has 1 saturated heterocycles. The third-order valence-corrected chi connectivity index (χ3v) is 7.15. The Bertz CT molecular complexity index is 1160.